The molecule has 2 N–H and O–H groups in total. The summed E-state index contributed by atoms with van der Waals surface area (Å²) < 4.78 is 0. The van der Waals surface area contributed by atoms with Crippen LogP contribution in [0.25, 0.3) is 11.0 Å². The lowest BCUT2D eigenvalue weighted by atomic mass is 9.93. The zero-order valence-corrected chi connectivity index (χ0v) is 13.7. The fourth-order valence-electron chi connectivity index (χ4n) is 2.63. The van der Waals surface area contributed by atoms with Crippen LogP contribution in [0.5, 0.6) is 0 Å². The maximum absolute atomic E-state index is 10.4. The Morgan fingerprint density at radius 3 is 2.55 bits per heavy atom. The van der Waals surface area contributed by atoms with E-state index in [9.17, 15) is 10.2 Å². The lowest BCUT2D eigenvalue weighted by Gasteiger charge is -2.20. The summed E-state index contributed by atoms with van der Waals surface area (Å²) in [5, 5.41) is 20.1. The number of para-hydroxylation sites is 2. The van der Waals surface area contributed by atoms with E-state index in [1.54, 1.807) is 6.20 Å². The summed E-state index contributed by atoms with van der Waals surface area (Å²) in [6.07, 6.45) is 4.47. The largest absolute Gasteiger partial charge is 0.390 e. The van der Waals surface area contributed by atoms with E-state index in [1.165, 1.54) is 0 Å². The van der Waals surface area contributed by atoms with Gasteiger partial charge in [-0.15, -0.1) is 0 Å². The standard InChI is InChI=1S/C18H26N2O2/c1-13(7-6-10-18(2,3)22)11-17(21)16-12-19-14-8-4-5-9-15(14)20-16/h4-5,8-9,12-13,17,21-22H,6-7,10-11H2,1-3H3. The second kappa shape index (κ2) is 7.16. The molecule has 1 aromatic heterocycles. The Morgan fingerprint density at radius 2 is 1.86 bits per heavy atom. The molecule has 1 aromatic carbocycles. The molecule has 0 aliphatic rings. The number of aliphatic hydroxyl groups excluding tert-OH is 1. The highest BCUT2D eigenvalue weighted by Gasteiger charge is 2.17. The van der Waals surface area contributed by atoms with Crippen LogP contribution in [0.2, 0.25) is 0 Å². The SMILES string of the molecule is CC(CCCC(C)(C)O)CC(O)c1cnc2ccccc2n1. The number of hydrogen-bond acceptors (Lipinski definition) is 4. The first-order valence-corrected chi connectivity index (χ1v) is 7.97. The van der Waals surface area contributed by atoms with Gasteiger partial charge in [-0.25, -0.2) is 4.98 Å². The third kappa shape index (κ3) is 5.04. The van der Waals surface area contributed by atoms with Gasteiger partial charge in [-0.2, -0.15) is 0 Å². The molecule has 4 nitrogen and oxygen atoms in total. The van der Waals surface area contributed by atoms with Gasteiger partial charge in [0, 0.05) is 0 Å². The van der Waals surface area contributed by atoms with Gasteiger partial charge < -0.3 is 10.2 Å². The zero-order valence-electron chi connectivity index (χ0n) is 13.7. The molecule has 0 aliphatic carbocycles. The Kier molecular flexibility index (Phi) is 5.48. The lowest BCUT2D eigenvalue weighted by molar-refractivity contribution is 0.0656. The third-order valence-corrected chi connectivity index (χ3v) is 3.92. The Morgan fingerprint density at radius 1 is 1.18 bits per heavy atom. The van der Waals surface area contributed by atoms with Crippen LogP contribution in [0, 0.1) is 5.92 Å². The first-order valence-electron chi connectivity index (χ1n) is 7.97. The van der Waals surface area contributed by atoms with Gasteiger partial charge in [-0.3, -0.25) is 4.98 Å². The van der Waals surface area contributed by atoms with Crippen molar-refractivity contribution in [2.45, 2.75) is 58.2 Å². The molecular weight excluding hydrogens is 276 g/mol. The van der Waals surface area contributed by atoms with Crippen LogP contribution in [0.15, 0.2) is 30.5 Å². The highest BCUT2D eigenvalue weighted by atomic mass is 16.3. The van der Waals surface area contributed by atoms with Crippen molar-refractivity contribution in [2.24, 2.45) is 5.92 Å². The normalized spacial score (nSPS) is 15.0. The van der Waals surface area contributed by atoms with E-state index in [0.717, 1.165) is 30.3 Å². The van der Waals surface area contributed by atoms with E-state index < -0.39 is 11.7 Å². The minimum absolute atomic E-state index is 0.380. The fourth-order valence-corrected chi connectivity index (χ4v) is 2.63. The highest BCUT2D eigenvalue weighted by molar-refractivity contribution is 5.73. The smallest absolute Gasteiger partial charge is 0.0978 e. The summed E-state index contributed by atoms with van der Waals surface area (Å²) in [5.41, 5.74) is 1.68. The van der Waals surface area contributed by atoms with E-state index in [2.05, 4.69) is 16.9 Å². The molecule has 0 fully saturated rings. The molecule has 1 heterocycles. The summed E-state index contributed by atoms with van der Waals surface area (Å²) in [5.74, 6) is 0.380. The van der Waals surface area contributed by atoms with Crippen LogP contribution in [0.4, 0.5) is 0 Å². The number of fused-ring (bicyclic) bond motifs is 1. The lowest BCUT2D eigenvalue weighted by Crippen LogP contribution is -2.18. The summed E-state index contributed by atoms with van der Waals surface area (Å²) in [7, 11) is 0. The van der Waals surface area contributed by atoms with Gasteiger partial charge in [-0.05, 0) is 44.7 Å². The number of aromatic nitrogens is 2. The summed E-state index contributed by atoms with van der Waals surface area (Å²) in [6.45, 7) is 5.79. The van der Waals surface area contributed by atoms with Gasteiger partial charge in [0.05, 0.1) is 34.6 Å². The molecule has 0 saturated heterocycles. The molecule has 0 bridgehead atoms. The predicted molar refractivity (Wildman–Crippen MR) is 88.4 cm³/mol. The van der Waals surface area contributed by atoms with Crippen molar-refractivity contribution in [2.75, 3.05) is 0 Å². The maximum atomic E-state index is 10.4. The average Bonchev–Trinajstić information content (AvgIpc) is 2.45. The number of rotatable bonds is 7. The maximum Gasteiger partial charge on any atom is 0.0978 e. The highest BCUT2D eigenvalue weighted by Crippen LogP contribution is 2.25. The van der Waals surface area contributed by atoms with Gasteiger partial charge in [-0.1, -0.05) is 31.9 Å². The van der Waals surface area contributed by atoms with E-state index in [4.69, 9.17) is 0 Å². The Hall–Kier alpha value is -1.52. The van der Waals surface area contributed by atoms with Crippen LogP contribution in [-0.4, -0.2) is 25.8 Å². The molecule has 0 spiro atoms. The van der Waals surface area contributed by atoms with Gasteiger partial charge in [0.15, 0.2) is 0 Å². The minimum Gasteiger partial charge on any atom is -0.390 e. The van der Waals surface area contributed by atoms with Crippen molar-refractivity contribution in [1.29, 1.82) is 0 Å². The van der Waals surface area contributed by atoms with Crippen LogP contribution >= 0.6 is 0 Å². The van der Waals surface area contributed by atoms with Gasteiger partial charge in [0.25, 0.3) is 0 Å². The van der Waals surface area contributed by atoms with Crippen molar-refractivity contribution in [3.05, 3.63) is 36.2 Å². The molecule has 2 aromatic rings. The molecular formula is C18H26N2O2. The Labute approximate surface area is 132 Å². The molecule has 0 saturated carbocycles. The van der Waals surface area contributed by atoms with Crippen molar-refractivity contribution < 1.29 is 10.2 Å². The van der Waals surface area contributed by atoms with Crippen molar-refractivity contribution in [3.63, 3.8) is 0 Å². The molecule has 2 rings (SSSR count). The quantitative estimate of drug-likeness (QED) is 0.819. The minimum atomic E-state index is -0.609. The van der Waals surface area contributed by atoms with Gasteiger partial charge in [0.2, 0.25) is 0 Å². The Bertz CT molecular complexity index is 607. The topological polar surface area (TPSA) is 66.2 Å². The average molecular weight is 302 g/mol. The molecule has 2 unspecified atom stereocenters. The third-order valence-electron chi connectivity index (χ3n) is 3.92. The first-order chi connectivity index (χ1) is 10.3. The zero-order chi connectivity index (χ0) is 16.2. The molecule has 22 heavy (non-hydrogen) atoms. The summed E-state index contributed by atoms with van der Waals surface area (Å²) in [6, 6.07) is 7.67. The molecule has 0 radical (unpaired) electrons. The van der Waals surface area contributed by atoms with Crippen molar-refractivity contribution in [1.82, 2.24) is 9.97 Å². The van der Waals surface area contributed by atoms with Crippen LogP contribution in [0.3, 0.4) is 0 Å². The van der Waals surface area contributed by atoms with Crippen LogP contribution in [0.1, 0.15) is 58.3 Å². The van der Waals surface area contributed by atoms with E-state index in [-0.39, 0.29) is 0 Å². The Balaban J connectivity index is 1.91. The number of aliphatic hydroxyl groups is 2. The first kappa shape index (κ1) is 16.8. The molecule has 2 atom stereocenters. The molecule has 0 amide bonds. The van der Waals surface area contributed by atoms with Crippen molar-refractivity contribution >= 4 is 11.0 Å². The van der Waals surface area contributed by atoms with Crippen molar-refractivity contribution in [3.8, 4) is 0 Å². The van der Waals surface area contributed by atoms with E-state index in [0.29, 0.717) is 18.0 Å². The molecule has 120 valence electrons. The van der Waals surface area contributed by atoms with Gasteiger partial charge in [0.1, 0.15) is 0 Å². The van der Waals surface area contributed by atoms with E-state index >= 15 is 0 Å². The van der Waals surface area contributed by atoms with Crippen LogP contribution in [-0.2, 0) is 0 Å². The molecule has 0 aliphatic heterocycles. The monoisotopic (exact) mass is 302 g/mol. The predicted octanol–water partition coefficient (Wildman–Crippen LogP) is 3.63. The summed E-state index contributed by atoms with van der Waals surface area (Å²) >= 11 is 0. The number of benzene rings is 1. The number of hydrogen-bond donors (Lipinski definition) is 2. The number of nitrogens with zero attached hydrogens (tertiary/aromatic N) is 2. The van der Waals surface area contributed by atoms with Gasteiger partial charge >= 0.3 is 0 Å². The second-order valence-corrected chi connectivity index (χ2v) is 6.84. The fraction of sp³-hybridized carbons (Fsp3) is 0.556. The van der Waals surface area contributed by atoms with Crippen LogP contribution < -0.4 is 0 Å². The van der Waals surface area contributed by atoms with E-state index in [1.807, 2.05) is 38.1 Å². The summed E-state index contributed by atoms with van der Waals surface area (Å²) in [4.78, 5) is 8.84. The molecule has 4 heteroatoms. The second-order valence-electron chi connectivity index (χ2n) is 6.84.